The first-order chi connectivity index (χ1) is 29.7. The molecule has 0 aliphatic carbocycles. The minimum atomic E-state index is 0.849. The van der Waals surface area contributed by atoms with Crippen LogP contribution in [-0.2, 0) is 0 Å². The van der Waals surface area contributed by atoms with Crippen molar-refractivity contribution in [3.63, 3.8) is 0 Å². The molecule has 2 heteroatoms. The number of hydrogen-bond acceptors (Lipinski definition) is 2. The largest absolute Gasteiger partial charge is 0.453 e. The number of fused-ring (bicyclic) bond motifs is 5. The first kappa shape index (κ1) is 35.2. The lowest BCUT2D eigenvalue weighted by molar-refractivity contribution is 0.670. The highest BCUT2D eigenvalue weighted by atomic mass is 16.3. The van der Waals surface area contributed by atoms with Crippen LogP contribution >= 0.6 is 0 Å². The fourth-order valence-corrected chi connectivity index (χ4v) is 8.65. The van der Waals surface area contributed by atoms with Gasteiger partial charge in [0.25, 0.3) is 0 Å². The maximum atomic E-state index is 7.14. The minimum Gasteiger partial charge on any atom is -0.453 e. The second-order valence-electron chi connectivity index (χ2n) is 15.3. The summed E-state index contributed by atoms with van der Waals surface area (Å²) in [4.78, 5) is 2.33. The van der Waals surface area contributed by atoms with Gasteiger partial charge in [0.15, 0.2) is 5.58 Å². The van der Waals surface area contributed by atoms with Gasteiger partial charge in [-0.15, -0.1) is 0 Å². The summed E-state index contributed by atoms with van der Waals surface area (Å²) >= 11 is 0. The van der Waals surface area contributed by atoms with Crippen LogP contribution in [0.25, 0.3) is 88.3 Å². The van der Waals surface area contributed by atoms with Crippen molar-refractivity contribution in [2.75, 3.05) is 4.90 Å². The molecule has 0 fully saturated rings. The highest BCUT2D eigenvalue weighted by Crippen LogP contribution is 2.47. The van der Waals surface area contributed by atoms with E-state index in [4.69, 9.17) is 4.42 Å². The molecule has 0 amide bonds. The number of para-hydroxylation sites is 1. The van der Waals surface area contributed by atoms with E-state index in [9.17, 15) is 0 Å². The second kappa shape index (κ2) is 15.1. The van der Waals surface area contributed by atoms with E-state index < -0.39 is 0 Å². The van der Waals surface area contributed by atoms with Gasteiger partial charge in [-0.05, 0) is 97.2 Å². The topological polar surface area (TPSA) is 16.4 Å². The average Bonchev–Trinajstić information content (AvgIpc) is 3.74. The van der Waals surface area contributed by atoms with Crippen molar-refractivity contribution in [2.45, 2.75) is 0 Å². The van der Waals surface area contributed by atoms with Crippen molar-refractivity contribution in [2.24, 2.45) is 0 Å². The van der Waals surface area contributed by atoms with E-state index in [1.807, 2.05) is 0 Å². The zero-order chi connectivity index (χ0) is 39.8. The van der Waals surface area contributed by atoms with Crippen LogP contribution in [0.1, 0.15) is 0 Å². The van der Waals surface area contributed by atoms with Gasteiger partial charge in [-0.25, -0.2) is 0 Å². The Morgan fingerprint density at radius 2 is 0.667 bits per heavy atom. The summed E-state index contributed by atoms with van der Waals surface area (Å²) in [5.74, 6) is 0. The number of rotatable bonds is 8. The van der Waals surface area contributed by atoms with Gasteiger partial charge < -0.3 is 9.32 Å². The average molecular weight is 766 g/mol. The summed E-state index contributed by atoms with van der Waals surface area (Å²) in [6, 6.07) is 84.6. The summed E-state index contributed by atoms with van der Waals surface area (Å²) in [6.45, 7) is 0. The fourth-order valence-electron chi connectivity index (χ4n) is 8.65. The number of furan rings is 1. The highest BCUT2D eigenvalue weighted by molar-refractivity contribution is 6.24. The third-order valence-electron chi connectivity index (χ3n) is 11.7. The quantitative estimate of drug-likeness (QED) is 0.153. The van der Waals surface area contributed by atoms with Gasteiger partial charge in [0.1, 0.15) is 5.58 Å². The summed E-state index contributed by atoms with van der Waals surface area (Å²) in [7, 11) is 0. The van der Waals surface area contributed by atoms with Crippen LogP contribution in [0.2, 0.25) is 0 Å². The Bertz CT molecular complexity index is 3120. The van der Waals surface area contributed by atoms with Crippen molar-refractivity contribution in [3.8, 4) is 55.6 Å². The van der Waals surface area contributed by atoms with E-state index in [2.05, 4.69) is 241 Å². The smallest absolute Gasteiger partial charge is 0.159 e. The van der Waals surface area contributed by atoms with Crippen LogP contribution in [0.4, 0.5) is 17.1 Å². The molecule has 0 saturated carbocycles. The van der Waals surface area contributed by atoms with Gasteiger partial charge in [-0.2, -0.15) is 0 Å². The molecule has 282 valence electrons. The SMILES string of the molecule is c1ccc(-c2ccc(-c3ccc(N(c4ccc(-c5ccc(-c6ccccc6)cc5)cc4)c4cccc5c4oc4c(-c6ccccc6)cc6ccccc6c45)cc3)cc2)cc1. The summed E-state index contributed by atoms with van der Waals surface area (Å²) < 4.78 is 7.14. The Balaban J connectivity index is 1.04. The van der Waals surface area contributed by atoms with E-state index in [1.54, 1.807) is 0 Å². The minimum absolute atomic E-state index is 0.849. The van der Waals surface area contributed by atoms with Gasteiger partial charge in [-0.3, -0.25) is 0 Å². The second-order valence-corrected chi connectivity index (χ2v) is 15.3. The van der Waals surface area contributed by atoms with Gasteiger partial charge >= 0.3 is 0 Å². The summed E-state index contributed by atoms with van der Waals surface area (Å²) in [5, 5.41) is 4.59. The first-order valence-corrected chi connectivity index (χ1v) is 20.5. The molecular weight excluding hydrogens is 727 g/mol. The third-order valence-corrected chi connectivity index (χ3v) is 11.7. The molecule has 0 aliphatic rings. The van der Waals surface area contributed by atoms with E-state index in [1.165, 1.54) is 44.2 Å². The molecule has 1 aromatic heterocycles. The Labute approximate surface area is 349 Å². The number of anilines is 3. The first-order valence-electron chi connectivity index (χ1n) is 20.5. The van der Waals surface area contributed by atoms with Crippen molar-refractivity contribution >= 4 is 49.8 Å². The van der Waals surface area contributed by atoms with E-state index in [0.717, 1.165) is 61.3 Å². The summed E-state index contributed by atoms with van der Waals surface area (Å²) in [6.07, 6.45) is 0. The lowest BCUT2D eigenvalue weighted by atomic mass is 9.96. The van der Waals surface area contributed by atoms with Gasteiger partial charge in [0, 0.05) is 27.7 Å². The van der Waals surface area contributed by atoms with Crippen LogP contribution in [0.3, 0.4) is 0 Å². The van der Waals surface area contributed by atoms with Crippen LogP contribution in [0.5, 0.6) is 0 Å². The molecule has 0 radical (unpaired) electrons. The molecule has 11 aromatic rings. The maximum absolute atomic E-state index is 7.14. The normalized spacial score (nSPS) is 11.3. The number of benzene rings is 10. The number of hydrogen-bond donors (Lipinski definition) is 0. The zero-order valence-electron chi connectivity index (χ0n) is 32.9. The van der Waals surface area contributed by atoms with Crippen LogP contribution in [0, 0.1) is 0 Å². The van der Waals surface area contributed by atoms with Crippen LogP contribution in [-0.4, -0.2) is 0 Å². The number of nitrogens with zero attached hydrogens (tertiary/aromatic N) is 1. The molecule has 0 aliphatic heterocycles. The van der Waals surface area contributed by atoms with E-state index >= 15 is 0 Å². The third kappa shape index (κ3) is 6.41. The van der Waals surface area contributed by atoms with Gasteiger partial charge in [-0.1, -0.05) is 200 Å². The molecule has 60 heavy (non-hydrogen) atoms. The summed E-state index contributed by atoms with van der Waals surface area (Å²) in [5.41, 5.74) is 16.5. The highest BCUT2D eigenvalue weighted by Gasteiger charge is 2.22. The predicted octanol–water partition coefficient (Wildman–Crippen LogP) is 16.5. The lowest BCUT2D eigenvalue weighted by Gasteiger charge is -2.26. The molecule has 0 atom stereocenters. The molecular formula is C58H39NO. The molecule has 2 nitrogen and oxygen atoms in total. The Morgan fingerprint density at radius 1 is 0.283 bits per heavy atom. The molecule has 0 saturated heterocycles. The monoisotopic (exact) mass is 765 g/mol. The van der Waals surface area contributed by atoms with E-state index in [0.29, 0.717) is 0 Å². The van der Waals surface area contributed by atoms with Gasteiger partial charge in [0.2, 0.25) is 0 Å². The van der Waals surface area contributed by atoms with Crippen molar-refractivity contribution in [1.82, 2.24) is 0 Å². The molecule has 0 spiro atoms. The molecule has 1 heterocycles. The van der Waals surface area contributed by atoms with Crippen LogP contribution in [0.15, 0.2) is 241 Å². The van der Waals surface area contributed by atoms with Crippen molar-refractivity contribution in [1.29, 1.82) is 0 Å². The van der Waals surface area contributed by atoms with Crippen molar-refractivity contribution in [3.05, 3.63) is 237 Å². The Kier molecular flexibility index (Phi) is 8.87. The molecule has 10 aromatic carbocycles. The lowest BCUT2D eigenvalue weighted by Crippen LogP contribution is -2.10. The van der Waals surface area contributed by atoms with E-state index in [-0.39, 0.29) is 0 Å². The molecule has 0 bridgehead atoms. The molecule has 0 unspecified atom stereocenters. The van der Waals surface area contributed by atoms with Crippen molar-refractivity contribution < 1.29 is 4.42 Å². The molecule has 11 rings (SSSR count). The Hall–Kier alpha value is -7.94. The van der Waals surface area contributed by atoms with Crippen LogP contribution < -0.4 is 4.90 Å². The maximum Gasteiger partial charge on any atom is 0.159 e. The molecule has 0 N–H and O–H groups in total. The zero-order valence-corrected chi connectivity index (χ0v) is 32.9. The standard InChI is InChI=1S/C58H39NO/c1-4-13-40(14-5-1)42-23-27-44(28-24-42)46-31-35-50(36-32-46)59(51-37-33-47(34-38-51)45-29-25-43(26-30-45)41-15-6-2-7-16-41)55-22-12-21-53-56-52-20-11-10-19-49(52)39-54(58(56)60-57(53)55)48-17-8-3-9-18-48/h1-39H. The predicted molar refractivity (Wildman–Crippen MR) is 253 cm³/mol. The van der Waals surface area contributed by atoms with Gasteiger partial charge in [0.05, 0.1) is 5.69 Å². The fraction of sp³-hybridized carbons (Fsp3) is 0. The Morgan fingerprint density at radius 3 is 1.15 bits per heavy atom.